The minimum atomic E-state index is -3.77. The van der Waals surface area contributed by atoms with Gasteiger partial charge in [0, 0.05) is 13.1 Å². The van der Waals surface area contributed by atoms with E-state index in [-0.39, 0.29) is 17.3 Å². The van der Waals surface area contributed by atoms with Gasteiger partial charge >= 0.3 is 0 Å². The molecule has 7 nitrogen and oxygen atoms in total. The standard InChI is InChI=1S/C24H31N3O4S/c1-19-6-12-22(13-7-19)32(29,30)27-17-16-26(23(28)18-25-14-4-3-5-15-25)24(27)20-8-10-21(31-2)11-9-20/h6-13,24H,3-5,14-18H2,1-2H3/t24-/m0/s1. The largest absolute Gasteiger partial charge is 0.497 e. The topological polar surface area (TPSA) is 70.2 Å². The second kappa shape index (κ2) is 9.60. The number of hydrogen-bond acceptors (Lipinski definition) is 5. The summed E-state index contributed by atoms with van der Waals surface area (Å²) in [4.78, 5) is 17.4. The molecule has 4 rings (SSSR count). The molecule has 172 valence electrons. The van der Waals surface area contributed by atoms with Gasteiger partial charge in [0.05, 0.1) is 18.6 Å². The summed E-state index contributed by atoms with van der Waals surface area (Å²) in [6.45, 7) is 4.71. The summed E-state index contributed by atoms with van der Waals surface area (Å²) < 4.78 is 33.8. The summed E-state index contributed by atoms with van der Waals surface area (Å²) in [6, 6.07) is 14.1. The van der Waals surface area contributed by atoms with E-state index in [9.17, 15) is 13.2 Å². The van der Waals surface area contributed by atoms with Crippen LogP contribution in [0.25, 0.3) is 0 Å². The van der Waals surface area contributed by atoms with Crippen LogP contribution in [0.3, 0.4) is 0 Å². The van der Waals surface area contributed by atoms with E-state index >= 15 is 0 Å². The Kier molecular flexibility index (Phi) is 6.83. The van der Waals surface area contributed by atoms with Crippen molar-refractivity contribution >= 4 is 15.9 Å². The predicted octanol–water partition coefficient (Wildman–Crippen LogP) is 3.02. The van der Waals surface area contributed by atoms with Crippen LogP contribution in [0.5, 0.6) is 5.75 Å². The number of amides is 1. The van der Waals surface area contributed by atoms with Crippen LogP contribution in [-0.4, -0.2) is 68.3 Å². The highest BCUT2D eigenvalue weighted by Gasteiger charge is 2.43. The lowest BCUT2D eigenvalue weighted by Crippen LogP contribution is -2.44. The summed E-state index contributed by atoms with van der Waals surface area (Å²) in [7, 11) is -2.18. The summed E-state index contributed by atoms with van der Waals surface area (Å²) in [5, 5.41) is 0. The van der Waals surface area contributed by atoms with E-state index in [1.807, 2.05) is 19.1 Å². The minimum absolute atomic E-state index is 0.0330. The van der Waals surface area contributed by atoms with Crippen molar-refractivity contribution in [2.24, 2.45) is 0 Å². The fourth-order valence-corrected chi connectivity index (χ4v) is 6.06. The molecule has 0 bridgehead atoms. The second-order valence-electron chi connectivity index (χ2n) is 8.50. The highest BCUT2D eigenvalue weighted by Crippen LogP contribution is 2.36. The Morgan fingerprint density at radius 3 is 2.22 bits per heavy atom. The van der Waals surface area contributed by atoms with Crippen LogP contribution in [-0.2, 0) is 14.8 Å². The van der Waals surface area contributed by atoms with Crippen molar-refractivity contribution in [3.63, 3.8) is 0 Å². The van der Waals surface area contributed by atoms with Crippen molar-refractivity contribution < 1.29 is 17.9 Å². The van der Waals surface area contributed by atoms with Crippen LogP contribution in [0.1, 0.15) is 36.6 Å². The molecule has 0 unspecified atom stereocenters. The number of carbonyl (C=O) groups is 1. The van der Waals surface area contributed by atoms with Crippen molar-refractivity contribution in [3.8, 4) is 5.75 Å². The zero-order valence-corrected chi connectivity index (χ0v) is 19.6. The van der Waals surface area contributed by atoms with Gasteiger partial charge in [0.1, 0.15) is 11.9 Å². The fourth-order valence-electron chi connectivity index (χ4n) is 4.49. The van der Waals surface area contributed by atoms with Crippen molar-refractivity contribution in [1.82, 2.24) is 14.1 Å². The predicted molar refractivity (Wildman–Crippen MR) is 123 cm³/mol. The third-order valence-corrected chi connectivity index (χ3v) is 8.17. The molecule has 0 aliphatic carbocycles. The van der Waals surface area contributed by atoms with Crippen molar-refractivity contribution in [1.29, 1.82) is 0 Å². The Bertz CT molecular complexity index is 1030. The fraction of sp³-hybridized carbons (Fsp3) is 0.458. The van der Waals surface area contributed by atoms with Crippen LogP contribution in [0.15, 0.2) is 53.4 Å². The summed E-state index contributed by atoms with van der Waals surface area (Å²) in [5.74, 6) is 0.653. The Morgan fingerprint density at radius 2 is 1.59 bits per heavy atom. The summed E-state index contributed by atoms with van der Waals surface area (Å²) in [6.07, 6.45) is 2.72. The average molecular weight is 458 g/mol. The first-order chi connectivity index (χ1) is 15.4. The van der Waals surface area contributed by atoms with Gasteiger partial charge in [-0.05, 0) is 62.7 Å². The van der Waals surface area contributed by atoms with Crippen LogP contribution in [0.4, 0.5) is 0 Å². The Morgan fingerprint density at radius 1 is 0.938 bits per heavy atom. The second-order valence-corrected chi connectivity index (χ2v) is 10.4. The Balaban J connectivity index is 1.66. The number of rotatable bonds is 6. The number of likely N-dealkylation sites (tertiary alicyclic amines) is 1. The lowest BCUT2D eigenvalue weighted by atomic mass is 10.1. The number of nitrogens with zero attached hydrogens (tertiary/aromatic N) is 3. The van der Waals surface area contributed by atoms with Gasteiger partial charge in [0.2, 0.25) is 15.9 Å². The first-order valence-corrected chi connectivity index (χ1v) is 12.6. The third kappa shape index (κ3) is 4.67. The number of piperidine rings is 1. The first-order valence-electron chi connectivity index (χ1n) is 11.1. The number of aryl methyl sites for hydroxylation is 1. The van der Waals surface area contributed by atoms with Gasteiger partial charge in [-0.1, -0.05) is 36.2 Å². The maximum atomic E-state index is 13.6. The van der Waals surface area contributed by atoms with Gasteiger partial charge in [-0.15, -0.1) is 0 Å². The normalized spacial score (nSPS) is 20.4. The molecule has 1 amide bonds. The van der Waals surface area contributed by atoms with Crippen LogP contribution < -0.4 is 4.74 Å². The SMILES string of the molecule is COc1ccc([C@H]2N(C(=O)CN3CCCCC3)CCN2S(=O)(=O)c2ccc(C)cc2)cc1. The molecule has 0 spiro atoms. The van der Waals surface area contributed by atoms with Crippen LogP contribution in [0, 0.1) is 6.92 Å². The molecule has 2 aliphatic heterocycles. The number of methoxy groups -OCH3 is 1. The van der Waals surface area contributed by atoms with E-state index in [4.69, 9.17) is 4.74 Å². The van der Waals surface area contributed by atoms with Gasteiger partial charge in [-0.25, -0.2) is 8.42 Å². The molecule has 2 aromatic rings. The summed E-state index contributed by atoms with van der Waals surface area (Å²) >= 11 is 0. The van der Waals surface area contributed by atoms with Crippen LogP contribution >= 0.6 is 0 Å². The monoisotopic (exact) mass is 457 g/mol. The van der Waals surface area contributed by atoms with Gasteiger partial charge in [0.15, 0.2) is 0 Å². The van der Waals surface area contributed by atoms with Crippen LogP contribution in [0.2, 0.25) is 0 Å². The van der Waals surface area contributed by atoms with E-state index in [0.717, 1.165) is 37.1 Å². The molecule has 0 radical (unpaired) electrons. The number of benzene rings is 2. The van der Waals surface area contributed by atoms with Crippen molar-refractivity contribution in [3.05, 3.63) is 59.7 Å². The lowest BCUT2D eigenvalue weighted by molar-refractivity contribution is -0.134. The maximum Gasteiger partial charge on any atom is 0.245 e. The molecule has 8 heteroatoms. The zero-order valence-electron chi connectivity index (χ0n) is 18.7. The maximum absolute atomic E-state index is 13.6. The molecule has 2 aromatic carbocycles. The van der Waals surface area contributed by atoms with E-state index in [2.05, 4.69) is 4.90 Å². The van der Waals surface area contributed by atoms with Gasteiger partial charge in [-0.3, -0.25) is 9.69 Å². The molecule has 2 aliphatic rings. The van der Waals surface area contributed by atoms with E-state index in [1.54, 1.807) is 48.4 Å². The Hall–Kier alpha value is -2.42. The van der Waals surface area contributed by atoms with Crippen molar-refractivity contribution in [2.45, 2.75) is 37.2 Å². The Labute approximate surface area is 190 Å². The molecule has 0 aromatic heterocycles. The molecule has 32 heavy (non-hydrogen) atoms. The molecular formula is C24H31N3O4S. The van der Waals surface area contributed by atoms with E-state index in [0.29, 0.717) is 18.8 Å². The molecule has 2 saturated heterocycles. The number of carbonyl (C=O) groups excluding carboxylic acids is 1. The van der Waals surface area contributed by atoms with Gasteiger partial charge in [-0.2, -0.15) is 4.31 Å². The zero-order chi connectivity index (χ0) is 22.7. The molecule has 2 heterocycles. The smallest absolute Gasteiger partial charge is 0.245 e. The molecular weight excluding hydrogens is 426 g/mol. The highest BCUT2D eigenvalue weighted by molar-refractivity contribution is 7.89. The molecule has 2 fully saturated rings. The number of hydrogen-bond donors (Lipinski definition) is 0. The highest BCUT2D eigenvalue weighted by atomic mass is 32.2. The quantitative estimate of drug-likeness (QED) is 0.667. The molecule has 0 N–H and O–H groups in total. The van der Waals surface area contributed by atoms with E-state index < -0.39 is 16.2 Å². The molecule has 1 atom stereocenters. The third-order valence-electron chi connectivity index (χ3n) is 6.30. The van der Waals surface area contributed by atoms with Gasteiger partial charge in [0.25, 0.3) is 0 Å². The van der Waals surface area contributed by atoms with Crippen molar-refractivity contribution in [2.75, 3.05) is 39.8 Å². The lowest BCUT2D eigenvalue weighted by Gasteiger charge is -2.33. The average Bonchev–Trinajstić information content (AvgIpc) is 3.26. The number of ether oxygens (including phenoxy) is 1. The minimum Gasteiger partial charge on any atom is -0.497 e. The first kappa shape index (κ1) is 22.8. The van der Waals surface area contributed by atoms with Gasteiger partial charge < -0.3 is 9.64 Å². The summed E-state index contributed by atoms with van der Waals surface area (Å²) in [5.41, 5.74) is 1.75. The molecule has 0 saturated carbocycles. The number of sulfonamides is 1. The van der Waals surface area contributed by atoms with E-state index in [1.165, 1.54) is 10.7 Å².